The molecule has 1 aromatic heterocycles. The van der Waals surface area contributed by atoms with Crippen LogP contribution < -0.4 is 9.47 Å². The van der Waals surface area contributed by atoms with Crippen molar-refractivity contribution in [2.24, 2.45) is 0 Å². The molecule has 3 aromatic rings. The molecular formula is C14H9NO3. The lowest BCUT2D eigenvalue weighted by molar-refractivity contribution is 0.335. The smallest absolute Gasteiger partial charge is 0.242 e. The van der Waals surface area contributed by atoms with E-state index in [-0.39, 0.29) is 5.75 Å². The SMILES string of the molecule is Oc1cccc2c1Oc1c([nH]c3ccccc13)O2. The van der Waals surface area contributed by atoms with Crippen molar-refractivity contribution in [2.75, 3.05) is 0 Å². The highest BCUT2D eigenvalue weighted by molar-refractivity contribution is 5.90. The van der Waals surface area contributed by atoms with Crippen LogP contribution in [0.25, 0.3) is 10.9 Å². The summed E-state index contributed by atoms with van der Waals surface area (Å²) in [6.45, 7) is 0. The fraction of sp³-hybridized carbons (Fsp3) is 0. The van der Waals surface area contributed by atoms with Gasteiger partial charge in [0, 0.05) is 5.39 Å². The lowest BCUT2D eigenvalue weighted by Crippen LogP contribution is -1.97. The van der Waals surface area contributed by atoms with Crippen molar-refractivity contribution in [1.82, 2.24) is 4.98 Å². The summed E-state index contributed by atoms with van der Waals surface area (Å²) in [5.41, 5.74) is 0.940. The van der Waals surface area contributed by atoms with Gasteiger partial charge < -0.3 is 19.6 Å². The molecule has 4 heteroatoms. The summed E-state index contributed by atoms with van der Waals surface area (Å²) >= 11 is 0. The van der Waals surface area contributed by atoms with Crippen LogP contribution in [0.3, 0.4) is 0 Å². The minimum absolute atomic E-state index is 0.0726. The van der Waals surface area contributed by atoms with E-state index >= 15 is 0 Å². The Labute approximate surface area is 102 Å². The van der Waals surface area contributed by atoms with E-state index < -0.39 is 0 Å². The molecule has 2 heterocycles. The van der Waals surface area contributed by atoms with Gasteiger partial charge in [-0.3, -0.25) is 0 Å². The minimum Gasteiger partial charge on any atom is -0.504 e. The lowest BCUT2D eigenvalue weighted by Gasteiger charge is -2.18. The van der Waals surface area contributed by atoms with Crippen molar-refractivity contribution in [3.8, 4) is 28.9 Å². The van der Waals surface area contributed by atoms with E-state index in [1.165, 1.54) is 0 Å². The van der Waals surface area contributed by atoms with E-state index in [0.717, 1.165) is 10.9 Å². The van der Waals surface area contributed by atoms with Crippen molar-refractivity contribution in [1.29, 1.82) is 0 Å². The third-order valence-electron chi connectivity index (χ3n) is 3.00. The van der Waals surface area contributed by atoms with E-state index in [9.17, 15) is 5.11 Å². The Hall–Kier alpha value is -2.62. The van der Waals surface area contributed by atoms with Crippen molar-refractivity contribution >= 4 is 10.9 Å². The van der Waals surface area contributed by atoms with Gasteiger partial charge in [-0.25, -0.2) is 0 Å². The number of fused-ring (bicyclic) bond motifs is 4. The molecule has 4 rings (SSSR count). The molecule has 1 aliphatic heterocycles. The van der Waals surface area contributed by atoms with Gasteiger partial charge in [0.2, 0.25) is 11.6 Å². The number of aromatic hydroxyl groups is 1. The third-order valence-corrected chi connectivity index (χ3v) is 3.00. The van der Waals surface area contributed by atoms with Crippen LogP contribution >= 0.6 is 0 Å². The summed E-state index contributed by atoms with van der Waals surface area (Å²) in [7, 11) is 0. The second-order valence-corrected chi connectivity index (χ2v) is 4.14. The predicted octanol–water partition coefficient (Wildman–Crippen LogP) is 3.77. The number of phenols is 1. The Morgan fingerprint density at radius 2 is 1.78 bits per heavy atom. The van der Waals surface area contributed by atoms with E-state index in [4.69, 9.17) is 9.47 Å². The number of ether oxygens (including phenoxy) is 2. The highest BCUT2D eigenvalue weighted by atomic mass is 16.6. The molecule has 0 unspecified atom stereocenters. The Morgan fingerprint density at radius 1 is 0.889 bits per heavy atom. The normalized spacial score (nSPS) is 12.4. The first-order valence-corrected chi connectivity index (χ1v) is 5.61. The summed E-state index contributed by atoms with van der Waals surface area (Å²) in [6, 6.07) is 12.8. The average molecular weight is 239 g/mol. The van der Waals surface area contributed by atoms with E-state index in [2.05, 4.69) is 4.98 Å². The van der Waals surface area contributed by atoms with Gasteiger partial charge in [-0.15, -0.1) is 0 Å². The number of aromatic nitrogens is 1. The number of hydrogen-bond donors (Lipinski definition) is 2. The molecular weight excluding hydrogens is 230 g/mol. The summed E-state index contributed by atoms with van der Waals surface area (Å²) in [5.74, 6) is 2.11. The third kappa shape index (κ3) is 1.14. The van der Waals surface area contributed by atoms with Crippen molar-refractivity contribution in [2.45, 2.75) is 0 Å². The molecule has 0 aliphatic carbocycles. The number of nitrogens with one attached hydrogen (secondary N) is 1. The second kappa shape index (κ2) is 3.20. The Balaban J connectivity index is 1.97. The maximum absolute atomic E-state index is 9.78. The van der Waals surface area contributed by atoms with Crippen LogP contribution in [-0.4, -0.2) is 10.1 Å². The molecule has 0 radical (unpaired) electrons. The van der Waals surface area contributed by atoms with E-state index in [1.807, 2.05) is 24.3 Å². The van der Waals surface area contributed by atoms with Gasteiger partial charge in [0.15, 0.2) is 17.2 Å². The largest absolute Gasteiger partial charge is 0.504 e. The van der Waals surface area contributed by atoms with Gasteiger partial charge in [-0.05, 0) is 24.3 Å². The maximum Gasteiger partial charge on any atom is 0.242 e. The van der Waals surface area contributed by atoms with Crippen LogP contribution in [0.1, 0.15) is 0 Å². The average Bonchev–Trinajstić information content (AvgIpc) is 2.75. The molecule has 2 aromatic carbocycles. The standard InChI is InChI=1S/C14H9NO3/c16-10-6-3-7-11-13(10)18-12-8-4-1-2-5-9(8)15-14(12)17-11/h1-7,15-16H. The number of H-pyrrole nitrogens is 1. The molecule has 0 spiro atoms. The summed E-state index contributed by atoms with van der Waals surface area (Å²) in [5, 5.41) is 10.7. The van der Waals surface area contributed by atoms with Gasteiger partial charge in [0.1, 0.15) is 0 Å². The maximum atomic E-state index is 9.78. The molecule has 1 aliphatic rings. The number of aromatic amines is 1. The number of benzene rings is 2. The summed E-state index contributed by atoms with van der Waals surface area (Å²) < 4.78 is 11.5. The second-order valence-electron chi connectivity index (χ2n) is 4.14. The first-order valence-electron chi connectivity index (χ1n) is 5.61. The monoisotopic (exact) mass is 239 g/mol. The number of para-hydroxylation sites is 2. The fourth-order valence-corrected chi connectivity index (χ4v) is 2.16. The van der Waals surface area contributed by atoms with Crippen LogP contribution in [0, 0.1) is 0 Å². The summed E-state index contributed by atoms with van der Waals surface area (Å²) in [4.78, 5) is 3.15. The molecule has 0 amide bonds. The van der Waals surface area contributed by atoms with Crippen LogP contribution in [-0.2, 0) is 0 Å². The van der Waals surface area contributed by atoms with Gasteiger partial charge in [-0.1, -0.05) is 18.2 Å². The minimum atomic E-state index is 0.0726. The van der Waals surface area contributed by atoms with Crippen LogP contribution in [0.15, 0.2) is 42.5 Å². The lowest BCUT2D eigenvalue weighted by atomic mass is 10.2. The van der Waals surface area contributed by atoms with Gasteiger partial charge in [0.05, 0.1) is 5.52 Å². The molecule has 18 heavy (non-hydrogen) atoms. The zero-order chi connectivity index (χ0) is 12.1. The first-order chi connectivity index (χ1) is 8.83. The van der Waals surface area contributed by atoms with E-state index in [0.29, 0.717) is 23.1 Å². The molecule has 88 valence electrons. The molecule has 0 bridgehead atoms. The zero-order valence-electron chi connectivity index (χ0n) is 9.31. The van der Waals surface area contributed by atoms with E-state index in [1.54, 1.807) is 18.2 Å². The fourth-order valence-electron chi connectivity index (χ4n) is 2.16. The van der Waals surface area contributed by atoms with Crippen molar-refractivity contribution < 1.29 is 14.6 Å². The topological polar surface area (TPSA) is 54.5 Å². The van der Waals surface area contributed by atoms with Crippen LogP contribution in [0.2, 0.25) is 0 Å². The zero-order valence-corrected chi connectivity index (χ0v) is 9.31. The number of phenolic OH excluding ortho intramolecular Hbond substituents is 1. The number of rotatable bonds is 0. The quantitative estimate of drug-likeness (QED) is 0.491. The van der Waals surface area contributed by atoms with Gasteiger partial charge in [0.25, 0.3) is 0 Å². The van der Waals surface area contributed by atoms with Crippen molar-refractivity contribution in [3.05, 3.63) is 42.5 Å². The Kier molecular flexibility index (Phi) is 1.67. The molecule has 0 saturated heterocycles. The molecule has 4 nitrogen and oxygen atoms in total. The first kappa shape index (κ1) is 9.41. The van der Waals surface area contributed by atoms with Crippen molar-refractivity contribution in [3.63, 3.8) is 0 Å². The molecule has 0 atom stereocenters. The molecule has 0 fully saturated rings. The van der Waals surface area contributed by atoms with Crippen LogP contribution in [0.4, 0.5) is 0 Å². The highest BCUT2D eigenvalue weighted by Gasteiger charge is 2.25. The van der Waals surface area contributed by atoms with Gasteiger partial charge >= 0.3 is 0 Å². The Morgan fingerprint density at radius 3 is 2.72 bits per heavy atom. The number of hydrogen-bond acceptors (Lipinski definition) is 3. The van der Waals surface area contributed by atoms with Gasteiger partial charge in [-0.2, -0.15) is 0 Å². The van der Waals surface area contributed by atoms with Crippen LogP contribution in [0.5, 0.6) is 28.9 Å². The molecule has 0 saturated carbocycles. The molecule has 2 N–H and O–H groups in total. The Bertz CT molecular complexity index is 761. The highest BCUT2D eigenvalue weighted by Crippen LogP contribution is 2.51. The predicted molar refractivity (Wildman–Crippen MR) is 66.6 cm³/mol. The summed E-state index contributed by atoms with van der Waals surface area (Å²) in [6.07, 6.45) is 0.